The number of methoxy groups -OCH3 is 1. The Kier molecular flexibility index (Phi) is 5.73. The van der Waals surface area contributed by atoms with E-state index in [-0.39, 0.29) is 24.8 Å². The molecule has 1 aromatic heterocycles. The predicted octanol–water partition coefficient (Wildman–Crippen LogP) is 5.24. The van der Waals surface area contributed by atoms with Crippen molar-refractivity contribution in [1.82, 2.24) is 0 Å². The number of benzene rings is 2. The van der Waals surface area contributed by atoms with Crippen LogP contribution in [0.3, 0.4) is 0 Å². The molecule has 0 amide bonds. The van der Waals surface area contributed by atoms with E-state index in [1.807, 2.05) is 0 Å². The summed E-state index contributed by atoms with van der Waals surface area (Å²) in [5, 5.41) is 1.68. The maximum absolute atomic E-state index is 12.2. The number of carbonyl (C=O) groups is 2. The van der Waals surface area contributed by atoms with Crippen molar-refractivity contribution in [3.05, 3.63) is 63.3 Å². The van der Waals surface area contributed by atoms with Gasteiger partial charge in [-0.25, -0.2) is 0 Å². The van der Waals surface area contributed by atoms with Crippen molar-refractivity contribution in [2.75, 3.05) is 7.11 Å². The largest absolute Gasteiger partial charge is 0.488 e. The van der Waals surface area contributed by atoms with E-state index in [2.05, 4.69) is 4.74 Å². The number of hydrogen-bond donors (Lipinski definition) is 0. The quantitative estimate of drug-likeness (QED) is 0.413. The highest BCUT2D eigenvalue weighted by Crippen LogP contribution is 2.33. The first-order valence-electron chi connectivity index (χ1n) is 8.08. The third-order valence-corrected chi connectivity index (χ3v) is 4.68. The fraction of sp³-hybridized carbons (Fsp3) is 0.200. The molecule has 0 atom stereocenters. The lowest BCUT2D eigenvalue weighted by Crippen LogP contribution is -2.04. The molecule has 5 nitrogen and oxygen atoms in total. The lowest BCUT2D eigenvalue weighted by molar-refractivity contribution is -0.139. The summed E-state index contributed by atoms with van der Waals surface area (Å²) in [5.74, 6) is -0.225. The van der Waals surface area contributed by atoms with Gasteiger partial charge < -0.3 is 13.9 Å². The number of halogens is 2. The van der Waals surface area contributed by atoms with Gasteiger partial charge in [0.1, 0.15) is 23.5 Å². The molecule has 2 aromatic carbocycles. The summed E-state index contributed by atoms with van der Waals surface area (Å²) in [6.07, 6.45) is 1.51. The maximum atomic E-state index is 12.2. The van der Waals surface area contributed by atoms with E-state index in [9.17, 15) is 9.59 Å². The molecule has 3 aromatic rings. The van der Waals surface area contributed by atoms with E-state index in [0.29, 0.717) is 37.9 Å². The average Bonchev–Trinajstić information content (AvgIpc) is 3.02. The first-order valence-corrected chi connectivity index (χ1v) is 8.84. The molecule has 0 aliphatic rings. The van der Waals surface area contributed by atoms with Crippen LogP contribution in [0.1, 0.15) is 28.4 Å². The number of furan rings is 1. The molecule has 0 bridgehead atoms. The number of Topliss-reactive ketones (excluding diaryl/α,β-unsaturated/α-hetero) is 1. The number of esters is 1. The minimum Gasteiger partial charge on any atom is -0.488 e. The van der Waals surface area contributed by atoms with E-state index in [1.165, 1.54) is 20.3 Å². The first-order chi connectivity index (χ1) is 12.9. The molecule has 27 heavy (non-hydrogen) atoms. The molecular formula is C20H16Cl2O5. The lowest BCUT2D eigenvalue weighted by Gasteiger charge is -2.11. The van der Waals surface area contributed by atoms with Crippen LogP contribution in [0.2, 0.25) is 10.0 Å². The Morgan fingerprint density at radius 1 is 1.11 bits per heavy atom. The number of rotatable bonds is 6. The monoisotopic (exact) mass is 406 g/mol. The van der Waals surface area contributed by atoms with Crippen LogP contribution in [0.15, 0.2) is 41.0 Å². The minimum absolute atomic E-state index is 0.0570. The van der Waals surface area contributed by atoms with Gasteiger partial charge in [0.05, 0.1) is 19.8 Å². The molecule has 0 aliphatic heterocycles. The van der Waals surface area contributed by atoms with Gasteiger partial charge in [-0.3, -0.25) is 9.59 Å². The van der Waals surface area contributed by atoms with E-state index < -0.39 is 0 Å². The molecule has 0 fully saturated rings. The summed E-state index contributed by atoms with van der Waals surface area (Å²) < 4.78 is 16.1. The van der Waals surface area contributed by atoms with E-state index in [4.69, 9.17) is 32.4 Å². The van der Waals surface area contributed by atoms with Crippen molar-refractivity contribution in [2.24, 2.45) is 0 Å². The van der Waals surface area contributed by atoms with Gasteiger partial charge in [-0.05, 0) is 31.2 Å². The molecule has 0 N–H and O–H groups in total. The predicted molar refractivity (Wildman–Crippen MR) is 103 cm³/mol. The van der Waals surface area contributed by atoms with Crippen molar-refractivity contribution in [1.29, 1.82) is 0 Å². The smallest absolute Gasteiger partial charge is 0.310 e. The molecule has 0 unspecified atom stereocenters. The summed E-state index contributed by atoms with van der Waals surface area (Å²) in [5.41, 5.74) is 2.07. The Morgan fingerprint density at radius 2 is 1.89 bits per heavy atom. The van der Waals surface area contributed by atoms with Crippen molar-refractivity contribution >= 4 is 45.9 Å². The number of ether oxygens (including phenoxy) is 2. The van der Waals surface area contributed by atoms with Gasteiger partial charge in [0.2, 0.25) is 0 Å². The van der Waals surface area contributed by atoms with Crippen LogP contribution in [0.25, 0.3) is 11.0 Å². The highest BCUT2D eigenvalue weighted by Gasteiger charge is 2.20. The fourth-order valence-corrected chi connectivity index (χ4v) is 3.21. The SMILES string of the molecule is COC(=O)Cc1coc2c(C(C)=O)c(OCc3ccc(Cl)cc3Cl)ccc12. The molecule has 3 rings (SSSR count). The molecule has 0 saturated carbocycles. The lowest BCUT2D eigenvalue weighted by atomic mass is 10.0. The second kappa shape index (κ2) is 8.03. The second-order valence-corrected chi connectivity index (χ2v) is 6.75. The third-order valence-electron chi connectivity index (χ3n) is 4.10. The standard InChI is InChI=1S/C20H16Cl2O5/c1-11(23)19-17(26-9-12-3-4-14(21)8-16(12)22)6-5-15-13(7-18(24)25-2)10-27-20(15)19/h3-6,8,10H,7,9H2,1-2H3. The highest BCUT2D eigenvalue weighted by molar-refractivity contribution is 6.35. The molecule has 1 heterocycles. The van der Waals surface area contributed by atoms with Crippen molar-refractivity contribution < 1.29 is 23.5 Å². The van der Waals surface area contributed by atoms with Gasteiger partial charge in [-0.2, -0.15) is 0 Å². The molecule has 140 valence electrons. The number of carbonyl (C=O) groups excluding carboxylic acids is 2. The summed E-state index contributed by atoms with van der Waals surface area (Å²) >= 11 is 12.1. The summed E-state index contributed by atoms with van der Waals surface area (Å²) in [6, 6.07) is 8.54. The van der Waals surface area contributed by atoms with Crippen LogP contribution in [-0.2, 0) is 22.6 Å². The van der Waals surface area contributed by atoms with Crippen LogP contribution < -0.4 is 4.74 Å². The number of ketones is 1. The fourth-order valence-electron chi connectivity index (χ4n) is 2.75. The van der Waals surface area contributed by atoms with Gasteiger partial charge in [0.25, 0.3) is 0 Å². The first kappa shape index (κ1) is 19.3. The Bertz CT molecular complexity index is 1020. The average molecular weight is 407 g/mol. The van der Waals surface area contributed by atoms with Crippen LogP contribution >= 0.6 is 23.2 Å². The van der Waals surface area contributed by atoms with Crippen LogP contribution in [0, 0.1) is 0 Å². The molecular weight excluding hydrogens is 391 g/mol. The molecule has 0 aliphatic carbocycles. The number of fused-ring (bicyclic) bond motifs is 1. The van der Waals surface area contributed by atoms with Gasteiger partial charge in [-0.15, -0.1) is 0 Å². The van der Waals surface area contributed by atoms with E-state index in [1.54, 1.807) is 30.3 Å². The second-order valence-electron chi connectivity index (χ2n) is 5.91. The van der Waals surface area contributed by atoms with Crippen molar-refractivity contribution in [3.8, 4) is 5.75 Å². The highest BCUT2D eigenvalue weighted by atomic mass is 35.5. The summed E-state index contributed by atoms with van der Waals surface area (Å²) in [4.78, 5) is 23.8. The zero-order valence-electron chi connectivity index (χ0n) is 14.7. The Morgan fingerprint density at radius 3 is 2.56 bits per heavy atom. The Balaban J connectivity index is 1.94. The summed E-state index contributed by atoms with van der Waals surface area (Å²) in [7, 11) is 1.32. The van der Waals surface area contributed by atoms with Crippen LogP contribution in [0.4, 0.5) is 0 Å². The minimum atomic E-state index is -0.389. The summed E-state index contributed by atoms with van der Waals surface area (Å²) in [6.45, 7) is 1.59. The van der Waals surface area contributed by atoms with Gasteiger partial charge in [0.15, 0.2) is 5.78 Å². The third kappa shape index (κ3) is 4.10. The van der Waals surface area contributed by atoms with Crippen LogP contribution in [0.5, 0.6) is 5.75 Å². The van der Waals surface area contributed by atoms with Crippen molar-refractivity contribution in [2.45, 2.75) is 20.0 Å². The van der Waals surface area contributed by atoms with Gasteiger partial charge in [0, 0.05) is 26.6 Å². The topological polar surface area (TPSA) is 65.7 Å². The normalized spacial score (nSPS) is 10.8. The maximum Gasteiger partial charge on any atom is 0.310 e. The van der Waals surface area contributed by atoms with E-state index >= 15 is 0 Å². The zero-order chi connectivity index (χ0) is 19.6. The van der Waals surface area contributed by atoms with Gasteiger partial charge in [-0.1, -0.05) is 29.3 Å². The Labute approximate surface area is 165 Å². The van der Waals surface area contributed by atoms with E-state index in [0.717, 1.165) is 5.56 Å². The molecule has 0 spiro atoms. The molecule has 0 radical (unpaired) electrons. The molecule has 7 heteroatoms. The Hall–Kier alpha value is -2.50. The molecule has 0 saturated heterocycles. The zero-order valence-corrected chi connectivity index (χ0v) is 16.2. The van der Waals surface area contributed by atoms with Gasteiger partial charge >= 0.3 is 5.97 Å². The van der Waals surface area contributed by atoms with Crippen molar-refractivity contribution in [3.63, 3.8) is 0 Å². The number of hydrogen-bond acceptors (Lipinski definition) is 5. The van der Waals surface area contributed by atoms with Crippen LogP contribution in [-0.4, -0.2) is 18.9 Å².